The predicted molar refractivity (Wildman–Crippen MR) is 49.9 cm³/mol. The van der Waals surface area contributed by atoms with E-state index in [-0.39, 0.29) is 0 Å². The number of thiol groups is 1. The van der Waals surface area contributed by atoms with Crippen LogP contribution >= 0.6 is 12.6 Å². The van der Waals surface area contributed by atoms with Gasteiger partial charge in [-0.2, -0.15) is 29.5 Å². The van der Waals surface area contributed by atoms with Crippen LogP contribution in [0.5, 0.6) is 0 Å². The highest BCUT2D eigenvalue weighted by Crippen LogP contribution is 1.60. The molecule has 0 spiro atoms. The molecule has 0 aromatic carbocycles. The van der Waals surface area contributed by atoms with Crippen molar-refractivity contribution < 1.29 is 25.9 Å². The van der Waals surface area contributed by atoms with E-state index in [0.29, 0.717) is 12.5 Å². The van der Waals surface area contributed by atoms with Crippen molar-refractivity contribution in [3.8, 4) is 0 Å². The highest BCUT2D eigenvalue weighted by molar-refractivity contribution is 7.85. The summed E-state index contributed by atoms with van der Waals surface area (Å²) >= 11 is 3.53. The number of rotatable bonds is 0. The predicted octanol–water partition coefficient (Wildman–Crippen LogP) is -0.446. The Morgan fingerprint density at radius 1 is 0.833 bits per heavy atom. The Hall–Kier alpha value is 0.170. The molecule has 0 amide bonds. The highest BCUT2D eigenvalue weighted by atomic mass is 32.2. The molecule has 0 rings (SSSR count). The van der Waals surface area contributed by atoms with Crippen molar-refractivity contribution in [3.63, 3.8) is 0 Å². The molecule has 12 heavy (non-hydrogen) atoms. The zero-order valence-corrected chi connectivity index (χ0v) is 9.32. The standard InChI is InChI=1S/2CH4O3S.CH4S/c2*1-5(2,3)4;1-2/h2*1H3,(H,2,3,4);2H,1H3. The van der Waals surface area contributed by atoms with Crippen molar-refractivity contribution in [2.45, 2.75) is 0 Å². The molecule has 0 bridgehead atoms. The Morgan fingerprint density at radius 2 is 0.833 bits per heavy atom. The lowest BCUT2D eigenvalue weighted by Crippen LogP contribution is -1.88. The summed E-state index contributed by atoms with van der Waals surface area (Å²) in [6.45, 7) is 0. The Bertz CT molecular complexity index is 214. The molecule has 0 aromatic rings. The quantitative estimate of drug-likeness (QED) is 0.391. The first-order valence-electron chi connectivity index (χ1n) is 2.30. The van der Waals surface area contributed by atoms with Gasteiger partial charge in [-0.1, -0.05) is 0 Å². The van der Waals surface area contributed by atoms with Crippen LogP contribution in [-0.2, 0) is 20.2 Å². The second kappa shape index (κ2) is 7.80. The van der Waals surface area contributed by atoms with E-state index in [4.69, 9.17) is 9.11 Å². The van der Waals surface area contributed by atoms with E-state index in [1.165, 1.54) is 0 Å². The maximum Gasteiger partial charge on any atom is 0.261 e. The van der Waals surface area contributed by atoms with Gasteiger partial charge in [-0.15, -0.1) is 0 Å². The first-order valence-corrected chi connectivity index (χ1v) is 6.89. The fourth-order valence-electron chi connectivity index (χ4n) is 0. The Labute approximate surface area is 77.9 Å². The Morgan fingerprint density at radius 3 is 0.833 bits per heavy atom. The van der Waals surface area contributed by atoms with Crippen LogP contribution in [0.15, 0.2) is 0 Å². The van der Waals surface area contributed by atoms with Gasteiger partial charge >= 0.3 is 0 Å². The number of hydrogen-bond acceptors (Lipinski definition) is 5. The molecule has 0 aromatic heterocycles. The lowest BCUT2D eigenvalue weighted by atomic mass is 12.0. The topological polar surface area (TPSA) is 109 Å². The summed E-state index contributed by atoms with van der Waals surface area (Å²) in [7, 11) is -7.33. The minimum Gasteiger partial charge on any atom is -0.286 e. The minimum absolute atomic E-state index is 0.715. The molecule has 9 heteroatoms. The Kier molecular flexibility index (Phi) is 11.7. The summed E-state index contributed by atoms with van der Waals surface area (Å²) in [5.41, 5.74) is 0. The third-order valence-corrected chi connectivity index (χ3v) is 0. The molecule has 0 heterocycles. The lowest BCUT2D eigenvalue weighted by molar-refractivity contribution is 0.488. The van der Waals surface area contributed by atoms with Crippen molar-refractivity contribution >= 4 is 32.9 Å². The monoisotopic (exact) mass is 240 g/mol. The van der Waals surface area contributed by atoms with Crippen LogP contribution in [0.25, 0.3) is 0 Å². The molecule has 0 fully saturated rings. The summed E-state index contributed by atoms with van der Waals surface area (Å²) in [6, 6.07) is 0. The van der Waals surface area contributed by atoms with E-state index in [1.54, 1.807) is 6.26 Å². The molecule has 0 saturated heterocycles. The third kappa shape index (κ3) is 29600. The lowest BCUT2D eigenvalue weighted by Gasteiger charge is -1.69. The van der Waals surface area contributed by atoms with Gasteiger partial charge in [0, 0.05) is 0 Å². The van der Waals surface area contributed by atoms with Crippen LogP contribution in [0, 0.1) is 0 Å². The van der Waals surface area contributed by atoms with Crippen molar-refractivity contribution in [1.82, 2.24) is 0 Å². The fraction of sp³-hybridized carbons (Fsp3) is 1.00. The molecular weight excluding hydrogens is 228 g/mol. The summed E-state index contributed by atoms with van der Waals surface area (Å²) in [5.74, 6) is 0. The van der Waals surface area contributed by atoms with Gasteiger partial charge in [0.2, 0.25) is 0 Å². The van der Waals surface area contributed by atoms with Gasteiger partial charge in [-0.3, -0.25) is 9.11 Å². The molecular formula is C3H12O6S3. The SMILES string of the molecule is CS.CS(=O)(=O)O.CS(=O)(=O)O. The van der Waals surface area contributed by atoms with Gasteiger partial charge in [0.25, 0.3) is 20.2 Å². The molecule has 0 aliphatic heterocycles. The molecule has 0 unspecified atom stereocenters. The summed E-state index contributed by atoms with van der Waals surface area (Å²) in [6.07, 6.45) is 3.12. The normalized spacial score (nSPS) is 10.2. The second-order valence-electron chi connectivity index (χ2n) is 1.47. The van der Waals surface area contributed by atoms with Gasteiger partial charge in [-0.05, 0) is 6.26 Å². The van der Waals surface area contributed by atoms with Crippen LogP contribution in [0.1, 0.15) is 0 Å². The molecule has 6 nitrogen and oxygen atoms in total. The molecule has 0 atom stereocenters. The van der Waals surface area contributed by atoms with Gasteiger partial charge in [0.05, 0.1) is 12.5 Å². The molecule has 0 aliphatic rings. The van der Waals surface area contributed by atoms with Crippen LogP contribution in [-0.4, -0.2) is 44.7 Å². The first kappa shape index (κ1) is 18.1. The molecule has 78 valence electrons. The van der Waals surface area contributed by atoms with E-state index in [0.717, 1.165) is 0 Å². The molecule has 0 saturated carbocycles. The minimum atomic E-state index is -3.67. The Balaban J connectivity index is -0.000000112. The van der Waals surface area contributed by atoms with E-state index >= 15 is 0 Å². The van der Waals surface area contributed by atoms with Crippen LogP contribution < -0.4 is 0 Å². The molecule has 2 N–H and O–H groups in total. The summed E-state index contributed by atoms with van der Waals surface area (Å²) in [5, 5.41) is 0. The average molecular weight is 240 g/mol. The van der Waals surface area contributed by atoms with Gasteiger partial charge in [0.15, 0.2) is 0 Å². The summed E-state index contributed by atoms with van der Waals surface area (Å²) < 4.78 is 51.7. The van der Waals surface area contributed by atoms with Gasteiger partial charge in [-0.25, -0.2) is 0 Å². The van der Waals surface area contributed by atoms with Gasteiger partial charge < -0.3 is 0 Å². The van der Waals surface area contributed by atoms with Crippen molar-refractivity contribution in [2.24, 2.45) is 0 Å². The second-order valence-corrected chi connectivity index (χ2v) is 4.40. The van der Waals surface area contributed by atoms with Crippen LogP contribution in [0.3, 0.4) is 0 Å². The van der Waals surface area contributed by atoms with Crippen molar-refractivity contribution in [1.29, 1.82) is 0 Å². The zero-order valence-electron chi connectivity index (χ0n) is 6.79. The smallest absolute Gasteiger partial charge is 0.261 e. The fourth-order valence-corrected chi connectivity index (χ4v) is 0. The van der Waals surface area contributed by atoms with Crippen molar-refractivity contribution in [2.75, 3.05) is 18.8 Å². The number of hydrogen-bond donors (Lipinski definition) is 3. The van der Waals surface area contributed by atoms with Crippen LogP contribution in [0.4, 0.5) is 0 Å². The highest BCUT2D eigenvalue weighted by Gasteiger charge is 1.81. The van der Waals surface area contributed by atoms with Gasteiger partial charge in [0.1, 0.15) is 0 Å². The van der Waals surface area contributed by atoms with Crippen LogP contribution in [0.2, 0.25) is 0 Å². The third-order valence-electron chi connectivity index (χ3n) is 0. The van der Waals surface area contributed by atoms with E-state index in [9.17, 15) is 16.8 Å². The maximum absolute atomic E-state index is 9.19. The van der Waals surface area contributed by atoms with Crippen molar-refractivity contribution in [3.05, 3.63) is 0 Å². The molecule has 0 radical (unpaired) electrons. The molecule has 0 aliphatic carbocycles. The van der Waals surface area contributed by atoms with E-state index < -0.39 is 20.2 Å². The van der Waals surface area contributed by atoms with E-state index in [2.05, 4.69) is 12.6 Å². The summed E-state index contributed by atoms with van der Waals surface area (Å²) in [4.78, 5) is 0. The maximum atomic E-state index is 9.19. The zero-order chi connectivity index (χ0) is 11.0. The van der Waals surface area contributed by atoms with E-state index in [1.807, 2.05) is 0 Å². The average Bonchev–Trinajstić information content (AvgIpc) is 1.59. The first-order chi connectivity index (χ1) is 5.00. The largest absolute Gasteiger partial charge is 0.286 e.